The van der Waals surface area contributed by atoms with Crippen LogP contribution in [0.5, 0.6) is 11.5 Å². The van der Waals surface area contributed by atoms with Crippen LogP contribution in [0, 0.1) is 16.0 Å². The number of fused-ring (bicyclic) bond motifs is 2. The lowest BCUT2D eigenvalue weighted by molar-refractivity contribution is -0.384. The third kappa shape index (κ3) is 4.03. The fourth-order valence-electron chi connectivity index (χ4n) is 4.53. The number of hydrogen-bond donors (Lipinski definition) is 1. The number of aryl methyl sites for hydroxylation is 1. The Bertz CT molecular complexity index is 1390. The van der Waals surface area contributed by atoms with Gasteiger partial charge >= 0.3 is 5.97 Å². The highest BCUT2D eigenvalue weighted by Gasteiger charge is 2.25. The Kier molecular flexibility index (Phi) is 5.26. The van der Waals surface area contributed by atoms with Crippen LogP contribution in [-0.2, 0) is 17.6 Å². The topological polar surface area (TPSA) is 89.7 Å². The van der Waals surface area contributed by atoms with Gasteiger partial charge in [0.05, 0.1) is 10.8 Å². The van der Waals surface area contributed by atoms with Gasteiger partial charge in [-0.25, -0.2) is 0 Å². The van der Waals surface area contributed by atoms with Crippen molar-refractivity contribution in [1.82, 2.24) is 0 Å². The van der Waals surface area contributed by atoms with E-state index < -0.39 is 16.8 Å². The van der Waals surface area contributed by atoms with E-state index in [9.17, 15) is 20.0 Å². The van der Waals surface area contributed by atoms with Crippen LogP contribution >= 0.6 is 0 Å². The number of nitro benzene ring substituents is 1. The molecule has 0 amide bonds. The van der Waals surface area contributed by atoms with Gasteiger partial charge in [0.1, 0.15) is 11.5 Å². The van der Waals surface area contributed by atoms with Gasteiger partial charge in [0.2, 0.25) is 0 Å². The van der Waals surface area contributed by atoms with Crippen LogP contribution in [0.4, 0.5) is 5.69 Å². The van der Waals surface area contributed by atoms with Crippen LogP contribution in [-0.4, -0.2) is 16.0 Å². The summed E-state index contributed by atoms with van der Waals surface area (Å²) in [4.78, 5) is 22.5. The molecular weight excluding hydrogens is 418 g/mol. The van der Waals surface area contributed by atoms with Crippen LogP contribution in [0.2, 0.25) is 0 Å². The van der Waals surface area contributed by atoms with Crippen molar-refractivity contribution in [2.45, 2.75) is 19.3 Å². The molecular formula is C27H21NO5. The molecule has 6 heteroatoms. The average Bonchev–Trinajstić information content (AvgIpc) is 2.83. The predicted molar refractivity (Wildman–Crippen MR) is 126 cm³/mol. The van der Waals surface area contributed by atoms with Gasteiger partial charge in [0.15, 0.2) is 0 Å². The number of nitro groups is 1. The Labute approximate surface area is 190 Å². The number of nitrogens with zero attached hydrogens (tertiary/aromatic N) is 1. The van der Waals surface area contributed by atoms with Crippen molar-refractivity contribution < 1.29 is 19.6 Å². The molecule has 164 valence electrons. The van der Waals surface area contributed by atoms with Crippen molar-refractivity contribution >= 4 is 22.4 Å². The number of hydrogen-bond acceptors (Lipinski definition) is 4. The summed E-state index contributed by atoms with van der Waals surface area (Å²) in [6.45, 7) is 0. The zero-order valence-corrected chi connectivity index (χ0v) is 17.7. The second-order valence-electron chi connectivity index (χ2n) is 8.27. The molecule has 33 heavy (non-hydrogen) atoms. The zero-order valence-electron chi connectivity index (χ0n) is 17.7. The van der Waals surface area contributed by atoms with Crippen molar-refractivity contribution in [3.63, 3.8) is 0 Å². The summed E-state index contributed by atoms with van der Waals surface area (Å²) in [5.74, 6) is -0.0865. The molecule has 4 aromatic carbocycles. The fourth-order valence-corrected chi connectivity index (χ4v) is 4.53. The van der Waals surface area contributed by atoms with E-state index in [0.29, 0.717) is 29.9 Å². The quantitative estimate of drug-likeness (QED) is 0.287. The highest BCUT2D eigenvalue weighted by atomic mass is 16.6. The van der Waals surface area contributed by atoms with Crippen LogP contribution in [0.25, 0.3) is 21.9 Å². The monoisotopic (exact) mass is 439 g/mol. The molecule has 0 aliphatic heterocycles. The van der Waals surface area contributed by atoms with Crippen LogP contribution in [0.1, 0.15) is 17.5 Å². The number of rotatable bonds is 5. The maximum Gasteiger partial charge on any atom is 0.306 e. The summed E-state index contributed by atoms with van der Waals surface area (Å²) in [5.41, 5.74) is 3.57. The van der Waals surface area contributed by atoms with Crippen LogP contribution in [0.3, 0.4) is 0 Å². The van der Waals surface area contributed by atoms with Gasteiger partial charge in [-0.2, -0.15) is 0 Å². The molecule has 1 atom stereocenters. The van der Waals surface area contributed by atoms with Gasteiger partial charge in [0, 0.05) is 17.7 Å². The molecule has 6 nitrogen and oxygen atoms in total. The van der Waals surface area contributed by atoms with Crippen molar-refractivity contribution in [3.05, 3.63) is 100 Å². The van der Waals surface area contributed by atoms with Crippen LogP contribution < -0.4 is 4.74 Å². The lowest BCUT2D eigenvalue weighted by Gasteiger charge is -2.22. The van der Waals surface area contributed by atoms with Crippen molar-refractivity contribution in [3.8, 4) is 22.6 Å². The highest BCUT2D eigenvalue weighted by molar-refractivity contribution is 5.98. The lowest BCUT2D eigenvalue weighted by atomic mass is 9.84. The Balaban J connectivity index is 1.58. The number of ether oxygens (including phenoxy) is 1. The first-order chi connectivity index (χ1) is 16.0. The van der Waals surface area contributed by atoms with Crippen LogP contribution in [0.15, 0.2) is 78.9 Å². The van der Waals surface area contributed by atoms with Gasteiger partial charge in [0.25, 0.3) is 5.69 Å². The molecule has 0 heterocycles. The second-order valence-corrected chi connectivity index (χ2v) is 8.27. The van der Waals surface area contributed by atoms with Crippen molar-refractivity contribution in [2.75, 3.05) is 0 Å². The van der Waals surface area contributed by atoms with E-state index in [1.807, 2.05) is 60.7 Å². The fraction of sp³-hybridized carbons (Fsp3) is 0.148. The molecule has 4 aromatic rings. The summed E-state index contributed by atoms with van der Waals surface area (Å²) in [5, 5.41) is 22.9. The highest BCUT2D eigenvalue weighted by Crippen LogP contribution is 2.40. The first-order valence-electron chi connectivity index (χ1n) is 10.8. The molecule has 5 rings (SSSR count). The molecule has 0 spiro atoms. The summed E-state index contributed by atoms with van der Waals surface area (Å²) >= 11 is 0. The zero-order chi connectivity index (χ0) is 22.9. The number of benzene rings is 4. The van der Waals surface area contributed by atoms with E-state index in [1.54, 1.807) is 6.07 Å². The van der Waals surface area contributed by atoms with E-state index >= 15 is 0 Å². The standard InChI is InChI=1S/C27H21NO5/c29-27(30)19-9-8-17-10-12-22(15-20(17)14-19)33-26-13-11-21(28(31)32)16-25(26)24-7-3-5-18-4-1-2-6-23(18)24/h1-7,10-13,15-16,19H,8-9,14H2,(H,29,30). The summed E-state index contributed by atoms with van der Waals surface area (Å²) in [7, 11) is 0. The molecule has 0 saturated heterocycles. The summed E-state index contributed by atoms with van der Waals surface area (Å²) in [6.07, 6.45) is 1.83. The van der Waals surface area contributed by atoms with Gasteiger partial charge in [-0.3, -0.25) is 14.9 Å². The first kappa shape index (κ1) is 20.7. The Morgan fingerprint density at radius 2 is 1.76 bits per heavy atom. The molecule has 0 saturated carbocycles. The number of aliphatic carboxylic acids is 1. The van der Waals surface area contributed by atoms with Crippen molar-refractivity contribution in [1.29, 1.82) is 0 Å². The Morgan fingerprint density at radius 3 is 2.58 bits per heavy atom. The minimum absolute atomic E-state index is 0.0139. The average molecular weight is 439 g/mol. The van der Waals surface area contributed by atoms with E-state index in [2.05, 4.69) is 0 Å². The number of carbonyl (C=O) groups is 1. The second kappa shape index (κ2) is 8.39. The summed E-state index contributed by atoms with van der Waals surface area (Å²) < 4.78 is 6.24. The molecule has 1 unspecified atom stereocenters. The minimum Gasteiger partial charge on any atom is -0.481 e. The molecule has 1 aliphatic rings. The third-order valence-corrected chi connectivity index (χ3v) is 6.24. The normalized spacial score (nSPS) is 15.1. The molecule has 0 radical (unpaired) electrons. The Morgan fingerprint density at radius 1 is 0.939 bits per heavy atom. The Hall–Kier alpha value is -4.19. The van der Waals surface area contributed by atoms with Gasteiger partial charge in [-0.05, 0) is 64.9 Å². The van der Waals surface area contributed by atoms with E-state index in [1.165, 1.54) is 12.1 Å². The SMILES string of the molecule is O=C(O)C1CCc2ccc(Oc3ccc([N+](=O)[O-])cc3-c3cccc4ccccc34)cc2C1. The van der Waals surface area contributed by atoms with E-state index in [0.717, 1.165) is 33.9 Å². The minimum atomic E-state index is -0.777. The van der Waals surface area contributed by atoms with Crippen molar-refractivity contribution in [2.24, 2.45) is 5.92 Å². The maximum absolute atomic E-state index is 11.5. The summed E-state index contributed by atoms with van der Waals surface area (Å²) in [6, 6.07) is 24.0. The largest absolute Gasteiger partial charge is 0.481 e. The van der Waals surface area contributed by atoms with Gasteiger partial charge in [-0.15, -0.1) is 0 Å². The molecule has 0 aromatic heterocycles. The third-order valence-electron chi connectivity index (χ3n) is 6.24. The maximum atomic E-state index is 11.5. The van der Waals surface area contributed by atoms with Gasteiger partial charge in [-0.1, -0.05) is 48.5 Å². The smallest absolute Gasteiger partial charge is 0.306 e. The predicted octanol–water partition coefficient (Wildman–Crippen LogP) is 6.40. The molecule has 1 N–H and O–H groups in total. The number of carboxylic acids is 1. The first-order valence-corrected chi connectivity index (χ1v) is 10.8. The van der Waals surface area contributed by atoms with Gasteiger partial charge < -0.3 is 9.84 Å². The molecule has 1 aliphatic carbocycles. The molecule has 0 fully saturated rings. The van der Waals surface area contributed by atoms with E-state index in [4.69, 9.17) is 4.74 Å². The number of carboxylic acid groups (broad SMARTS) is 1. The molecule has 0 bridgehead atoms. The lowest BCUT2D eigenvalue weighted by Crippen LogP contribution is -2.22. The van der Waals surface area contributed by atoms with E-state index in [-0.39, 0.29) is 5.69 Å². The number of non-ortho nitro benzene ring substituents is 1.